The van der Waals surface area contributed by atoms with Crippen LogP contribution in [0.1, 0.15) is 23.7 Å². The Balaban J connectivity index is 2.10. The first kappa shape index (κ1) is 11.8. The molecule has 0 saturated heterocycles. The van der Waals surface area contributed by atoms with Gasteiger partial charge in [0, 0.05) is 33.7 Å². The molecule has 2 N–H and O–H groups in total. The molecule has 0 aliphatic carbocycles. The van der Waals surface area contributed by atoms with Crippen LogP contribution in [0.5, 0.6) is 0 Å². The maximum absolute atomic E-state index is 6.13. The molecule has 0 aromatic carbocycles. The van der Waals surface area contributed by atoms with Crippen molar-refractivity contribution >= 4 is 27.3 Å². The summed E-state index contributed by atoms with van der Waals surface area (Å²) in [6, 6.07) is 2.05. The molecular weight excluding hydrogens is 288 g/mol. The lowest BCUT2D eigenvalue weighted by Crippen LogP contribution is -2.15. The first-order valence-electron chi connectivity index (χ1n) is 5.07. The number of nitrogens with zero attached hydrogens (tertiary/aromatic N) is 3. The van der Waals surface area contributed by atoms with Crippen molar-refractivity contribution < 1.29 is 0 Å². The Morgan fingerprint density at radius 1 is 1.62 bits per heavy atom. The molecule has 2 heterocycles. The van der Waals surface area contributed by atoms with Crippen molar-refractivity contribution in [3.63, 3.8) is 0 Å². The summed E-state index contributed by atoms with van der Waals surface area (Å²) in [5.74, 6) is 0.944. The highest BCUT2D eigenvalue weighted by Gasteiger charge is 2.13. The van der Waals surface area contributed by atoms with E-state index in [-0.39, 0.29) is 6.04 Å². The summed E-state index contributed by atoms with van der Waals surface area (Å²) in [5, 5.41) is 6.17. The van der Waals surface area contributed by atoms with Gasteiger partial charge in [0.1, 0.15) is 12.2 Å². The van der Waals surface area contributed by atoms with Crippen molar-refractivity contribution in [2.45, 2.75) is 25.9 Å². The Bertz CT molecular complexity index is 465. The number of hydrogen-bond donors (Lipinski definition) is 1. The fourth-order valence-corrected chi connectivity index (χ4v) is 2.98. The number of hydrogen-bond acceptors (Lipinski definition) is 4. The molecule has 0 bridgehead atoms. The van der Waals surface area contributed by atoms with Crippen LogP contribution in [0.2, 0.25) is 0 Å². The number of nitrogens with two attached hydrogens (primary N) is 1. The third kappa shape index (κ3) is 2.50. The summed E-state index contributed by atoms with van der Waals surface area (Å²) < 4.78 is 2.96. The quantitative estimate of drug-likeness (QED) is 0.943. The average Bonchev–Trinajstić information content (AvgIpc) is 2.86. The third-order valence-corrected chi connectivity index (χ3v) is 4.18. The molecule has 2 aromatic rings. The molecule has 0 amide bonds. The van der Waals surface area contributed by atoms with E-state index < -0.39 is 0 Å². The summed E-state index contributed by atoms with van der Waals surface area (Å²) in [4.78, 5) is 5.39. The van der Waals surface area contributed by atoms with Gasteiger partial charge in [-0.15, -0.1) is 11.3 Å². The minimum Gasteiger partial charge on any atom is -0.323 e. The lowest BCUT2D eigenvalue weighted by molar-refractivity contribution is 0.584. The summed E-state index contributed by atoms with van der Waals surface area (Å²) >= 11 is 5.09. The number of aromatic nitrogens is 3. The molecule has 6 heteroatoms. The Kier molecular flexibility index (Phi) is 3.73. The van der Waals surface area contributed by atoms with Crippen molar-refractivity contribution in [3.8, 4) is 0 Å². The smallest absolute Gasteiger partial charge is 0.138 e. The molecule has 0 saturated carbocycles. The second-order valence-electron chi connectivity index (χ2n) is 3.47. The highest BCUT2D eigenvalue weighted by Crippen LogP contribution is 2.25. The molecule has 2 rings (SSSR count). The first-order valence-corrected chi connectivity index (χ1v) is 6.74. The Hall–Kier alpha value is -0.720. The van der Waals surface area contributed by atoms with Crippen LogP contribution in [-0.2, 0) is 13.0 Å². The lowest BCUT2D eigenvalue weighted by Gasteiger charge is -2.09. The summed E-state index contributed by atoms with van der Waals surface area (Å²) in [6.07, 6.45) is 2.30. The Morgan fingerprint density at radius 2 is 2.44 bits per heavy atom. The van der Waals surface area contributed by atoms with Gasteiger partial charge in [0.15, 0.2) is 0 Å². The number of rotatable bonds is 4. The van der Waals surface area contributed by atoms with Crippen molar-refractivity contribution in [1.82, 2.24) is 14.8 Å². The van der Waals surface area contributed by atoms with E-state index in [1.807, 2.05) is 17.0 Å². The van der Waals surface area contributed by atoms with E-state index in [1.165, 1.54) is 0 Å². The average molecular weight is 301 g/mol. The van der Waals surface area contributed by atoms with E-state index in [0.717, 1.165) is 28.1 Å². The molecule has 0 spiro atoms. The molecular formula is C10H13BrN4S. The van der Waals surface area contributed by atoms with Gasteiger partial charge in [-0.05, 0) is 28.9 Å². The zero-order valence-electron chi connectivity index (χ0n) is 8.93. The topological polar surface area (TPSA) is 56.7 Å². The molecule has 0 aliphatic heterocycles. The van der Waals surface area contributed by atoms with Crippen LogP contribution in [0.15, 0.2) is 22.2 Å². The van der Waals surface area contributed by atoms with Gasteiger partial charge in [0.25, 0.3) is 0 Å². The van der Waals surface area contributed by atoms with Gasteiger partial charge < -0.3 is 5.73 Å². The molecule has 86 valence electrons. The van der Waals surface area contributed by atoms with E-state index in [2.05, 4.69) is 32.1 Å². The Morgan fingerprint density at radius 3 is 3.06 bits per heavy atom. The van der Waals surface area contributed by atoms with Gasteiger partial charge >= 0.3 is 0 Å². The van der Waals surface area contributed by atoms with Crippen LogP contribution in [-0.4, -0.2) is 14.8 Å². The van der Waals surface area contributed by atoms with Gasteiger partial charge in [-0.25, -0.2) is 4.98 Å². The molecule has 0 aliphatic rings. The molecule has 4 nitrogen and oxygen atoms in total. The maximum Gasteiger partial charge on any atom is 0.138 e. The predicted octanol–water partition coefficient (Wildman–Crippen LogP) is 2.36. The normalized spacial score (nSPS) is 12.9. The van der Waals surface area contributed by atoms with E-state index in [4.69, 9.17) is 5.73 Å². The summed E-state index contributed by atoms with van der Waals surface area (Å²) in [5.41, 5.74) is 6.13. The van der Waals surface area contributed by atoms with Crippen LogP contribution in [0, 0.1) is 0 Å². The highest BCUT2D eigenvalue weighted by molar-refractivity contribution is 9.10. The zero-order chi connectivity index (χ0) is 11.5. The maximum atomic E-state index is 6.13. The van der Waals surface area contributed by atoms with Crippen LogP contribution in [0.3, 0.4) is 0 Å². The van der Waals surface area contributed by atoms with Crippen LogP contribution >= 0.6 is 27.3 Å². The first-order chi connectivity index (χ1) is 7.70. The van der Waals surface area contributed by atoms with Gasteiger partial charge in [-0.2, -0.15) is 5.10 Å². The molecule has 2 aromatic heterocycles. The van der Waals surface area contributed by atoms with Crippen LogP contribution < -0.4 is 5.73 Å². The van der Waals surface area contributed by atoms with Gasteiger partial charge in [-0.3, -0.25) is 4.68 Å². The second kappa shape index (κ2) is 5.07. The van der Waals surface area contributed by atoms with Crippen molar-refractivity contribution in [2.24, 2.45) is 5.73 Å². The molecule has 16 heavy (non-hydrogen) atoms. The van der Waals surface area contributed by atoms with Gasteiger partial charge in [-0.1, -0.05) is 0 Å². The largest absolute Gasteiger partial charge is 0.323 e. The molecule has 0 radical (unpaired) electrons. The van der Waals surface area contributed by atoms with Crippen molar-refractivity contribution in [3.05, 3.63) is 32.9 Å². The van der Waals surface area contributed by atoms with Crippen molar-refractivity contribution in [2.75, 3.05) is 0 Å². The summed E-state index contributed by atoms with van der Waals surface area (Å²) in [6.45, 7) is 2.88. The van der Waals surface area contributed by atoms with Crippen molar-refractivity contribution in [1.29, 1.82) is 0 Å². The molecule has 1 unspecified atom stereocenters. The minimum absolute atomic E-state index is 0.00852. The van der Waals surface area contributed by atoms with Crippen LogP contribution in [0.25, 0.3) is 0 Å². The number of halogens is 1. The number of thiophene rings is 1. The fraction of sp³-hybridized carbons (Fsp3) is 0.400. The standard InChI is InChI=1S/C10H13BrN4S/c1-2-15-10(13-6-14-15)4-8(12)9-3-7(11)5-16-9/h3,5-6,8H,2,4,12H2,1H3. The summed E-state index contributed by atoms with van der Waals surface area (Å²) in [7, 11) is 0. The van der Waals surface area contributed by atoms with E-state index in [1.54, 1.807) is 17.7 Å². The van der Waals surface area contributed by atoms with Gasteiger partial charge in [0.2, 0.25) is 0 Å². The monoisotopic (exact) mass is 300 g/mol. The fourth-order valence-electron chi connectivity index (χ4n) is 1.53. The van der Waals surface area contributed by atoms with Gasteiger partial charge in [0.05, 0.1) is 0 Å². The third-order valence-electron chi connectivity index (χ3n) is 2.35. The Labute approximate surface area is 107 Å². The number of aryl methyl sites for hydroxylation is 1. The zero-order valence-corrected chi connectivity index (χ0v) is 11.3. The molecule has 0 fully saturated rings. The van der Waals surface area contributed by atoms with E-state index in [9.17, 15) is 0 Å². The SMILES string of the molecule is CCn1ncnc1CC(N)c1cc(Br)cs1. The second-order valence-corrected chi connectivity index (χ2v) is 5.33. The van der Waals surface area contributed by atoms with E-state index >= 15 is 0 Å². The molecule has 1 atom stereocenters. The van der Waals surface area contributed by atoms with Crippen LogP contribution in [0.4, 0.5) is 0 Å². The van der Waals surface area contributed by atoms with E-state index in [0.29, 0.717) is 0 Å². The predicted molar refractivity (Wildman–Crippen MR) is 68.3 cm³/mol. The minimum atomic E-state index is -0.00852. The highest BCUT2D eigenvalue weighted by atomic mass is 79.9. The lowest BCUT2D eigenvalue weighted by atomic mass is 10.2.